The van der Waals surface area contributed by atoms with Gasteiger partial charge in [-0.1, -0.05) is 18.3 Å². The number of hydrogen-bond acceptors (Lipinski definition) is 4. The molecule has 1 aliphatic heterocycles. The van der Waals surface area contributed by atoms with Gasteiger partial charge in [-0.15, -0.1) is 0 Å². The molecule has 160 valence electrons. The molecule has 1 heterocycles. The van der Waals surface area contributed by atoms with Gasteiger partial charge in [-0.3, -0.25) is 0 Å². The topological polar surface area (TPSA) is 78.8 Å². The van der Waals surface area contributed by atoms with Gasteiger partial charge in [-0.25, -0.2) is 4.79 Å². The maximum absolute atomic E-state index is 11.7. The third-order valence-corrected chi connectivity index (χ3v) is 6.35. The summed E-state index contributed by atoms with van der Waals surface area (Å²) in [6, 6.07) is 3.59. The van der Waals surface area contributed by atoms with Crippen LogP contribution in [0.4, 0.5) is 5.69 Å². The van der Waals surface area contributed by atoms with Crippen molar-refractivity contribution < 1.29 is 19.7 Å². The summed E-state index contributed by atoms with van der Waals surface area (Å²) in [5.41, 5.74) is 5.67. The number of aromatic carboxylic acids is 1. The van der Waals surface area contributed by atoms with Crippen LogP contribution in [0.2, 0.25) is 0 Å². The van der Waals surface area contributed by atoms with Gasteiger partial charge in [0.25, 0.3) is 0 Å². The fourth-order valence-corrected chi connectivity index (χ4v) is 4.65. The van der Waals surface area contributed by atoms with Crippen LogP contribution in [-0.4, -0.2) is 26.8 Å². The number of aryl methyl sites for hydroxylation is 2. The minimum atomic E-state index is -0.984. The van der Waals surface area contributed by atoms with Crippen LogP contribution < -0.4 is 10.1 Å². The maximum Gasteiger partial charge on any atom is 0.337 e. The van der Waals surface area contributed by atoms with Crippen molar-refractivity contribution in [1.29, 1.82) is 0 Å². The largest absolute Gasteiger partial charge is 0.507 e. The summed E-state index contributed by atoms with van der Waals surface area (Å²) in [5.74, 6) is 0.186. The Kier molecular flexibility index (Phi) is 5.83. The third kappa shape index (κ3) is 4.01. The lowest BCUT2D eigenvalue weighted by molar-refractivity contribution is 0.0697. The molecule has 0 saturated heterocycles. The number of ether oxygens (including phenoxy) is 1. The van der Waals surface area contributed by atoms with E-state index in [9.17, 15) is 15.0 Å². The Labute approximate surface area is 183 Å². The first kappa shape index (κ1) is 22.1. The number of anilines is 1. The lowest BCUT2D eigenvalue weighted by Gasteiger charge is -2.38. The van der Waals surface area contributed by atoms with E-state index in [1.165, 1.54) is 0 Å². The predicted molar refractivity (Wildman–Crippen MR) is 123 cm³/mol. The highest BCUT2D eigenvalue weighted by Crippen LogP contribution is 2.44. The average Bonchev–Trinajstić information content (AvgIpc) is 2.66. The molecule has 0 amide bonds. The van der Waals surface area contributed by atoms with Crippen molar-refractivity contribution in [2.24, 2.45) is 0 Å². The fourth-order valence-electron chi connectivity index (χ4n) is 4.24. The summed E-state index contributed by atoms with van der Waals surface area (Å²) in [5, 5.41) is 23.1. The van der Waals surface area contributed by atoms with E-state index in [-0.39, 0.29) is 5.56 Å². The number of fused-ring (bicyclic) bond motifs is 1. The van der Waals surface area contributed by atoms with Gasteiger partial charge >= 0.3 is 5.97 Å². The third-order valence-electron chi connectivity index (χ3n) is 6.10. The Morgan fingerprint density at radius 3 is 2.47 bits per heavy atom. The van der Waals surface area contributed by atoms with Crippen LogP contribution in [0.5, 0.6) is 11.5 Å². The molecule has 0 saturated carbocycles. The molecule has 0 aromatic heterocycles. The molecule has 2 aromatic carbocycles. The number of carboxylic acids is 1. The van der Waals surface area contributed by atoms with Crippen molar-refractivity contribution in [3.63, 3.8) is 0 Å². The first-order valence-corrected chi connectivity index (χ1v) is 10.5. The number of carboxylic acid groups (broad SMARTS) is 1. The van der Waals surface area contributed by atoms with Crippen LogP contribution in [0.25, 0.3) is 0 Å². The minimum absolute atomic E-state index is 0.215. The molecule has 5 nitrogen and oxygen atoms in total. The number of thiocarbonyl (C=S) groups is 1. The molecule has 1 unspecified atom stereocenters. The van der Waals surface area contributed by atoms with Crippen molar-refractivity contribution >= 4 is 28.9 Å². The van der Waals surface area contributed by atoms with Gasteiger partial charge in [0.15, 0.2) is 0 Å². The summed E-state index contributed by atoms with van der Waals surface area (Å²) in [7, 11) is 0. The first-order valence-electron chi connectivity index (χ1n) is 10.1. The molecule has 3 N–H and O–H groups in total. The van der Waals surface area contributed by atoms with E-state index in [1.807, 2.05) is 47.6 Å². The van der Waals surface area contributed by atoms with Gasteiger partial charge < -0.3 is 20.3 Å². The van der Waals surface area contributed by atoms with Crippen molar-refractivity contribution in [1.82, 2.24) is 0 Å². The number of aromatic hydroxyl groups is 1. The molecule has 6 heteroatoms. The summed E-state index contributed by atoms with van der Waals surface area (Å²) in [6.07, 6.45) is 2.01. The van der Waals surface area contributed by atoms with Crippen LogP contribution in [0.1, 0.15) is 63.5 Å². The standard InChI is InChI=1S/C24H29NO4S/c1-12-9-13(2)20(18(10-12)23(27)28)25-19(30)11-24(6)8-7-17-16(5)21(26)14(3)15(4)22(17)29-24/h9-10,26H,7-8,11H2,1-6H3,(H,25,30)(H,27,28). The fraction of sp³-hybridized carbons (Fsp3) is 0.417. The molecular formula is C24H29NO4S. The van der Waals surface area contributed by atoms with Crippen LogP contribution in [0.15, 0.2) is 12.1 Å². The highest BCUT2D eigenvalue weighted by Gasteiger charge is 2.35. The number of phenolic OH excluding ortho intramolecular Hbond substituents is 1. The number of rotatable bonds is 4. The first-order chi connectivity index (χ1) is 13.9. The lowest BCUT2D eigenvalue weighted by Crippen LogP contribution is -2.40. The lowest BCUT2D eigenvalue weighted by atomic mass is 9.85. The Bertz CT molecular complexity index is 1060. The van der Waals surface area contributed by atoms with Gasteiger partial charge in [0.05, 0.1) is 16.2 Å². The molecule has 0 fully saturated rings. The van der Waals surface area contributed by atoms with Crippen LogP contribution in [0.3, 0.4) is 0 Å². The number of nitrogens with one attached hydrogen (secondary N) is 1. The van der Waals surface area contributed by atoms with Gasteiger partial charge in [-0.05, 0) is 88.3 Å². The monoisotopic (exact) mass is 427 g/mol. The Balaban J connectivity index is 1.85. The SMILES string of the molecule is Cc1cc(C)c(NC(=S)CC2(C)CCc3c(C)c(O)c(C)c(C)c3O2)c(C(=O)O)c1. The van der Waals surface area contributed by atoms with Gasteiger partial charge in [0.1, 0.15) is 17.1 Å². The number of phenols is 1. The molecule has 2 aromatic rings. The Hall–Kier alpha value is -2.60. The average molecular weight is 428 g/mol. The van der Waals surface area contributed by atoms with E-state index in [0.29, 0.717) is 22.8 Å². The number of benzene rings is 2. The van der Waals surface area contributed by atoms with Crippen molar-refractivity contribution in [3.8, 4) is 11.5 Å². The minimum Gasteiger partial charge on any atom is -0.507 e. The highest BCUT2D eigenvalue weighted by molar-refractivity contribution is 7.80. The van der Waals surface area contributed by atoms with E-state index >= 15 is 0 Å². The summed E-state index contributed by atoms with van der Waals surface area (Å²) in [4.78, 5) is 12.2. The van der Waals surface area contributed by atoms with E-state index in [1.54, 1.807) is 6.07 Å². The predicted octanol–water partition coefficient (Wildman–Crippen LogP) is 5.55. The van der Waals surface area contributed by atoms with E-state index in [2.05, 4.69) is 5.32 Å². The normalized spacial score (nSPS) is 17.8. The van der Waals surface area contributed by atoms with E-state index in [4.69, 9.17) is 17.0 Å². The zero-order valence-corrected chi connectivity index (χ0v) is 19.2. The molecule has 0 spiro atoms. The van der Waals surface area contributed by atoms with Crippen LogP contribution >= 0.6 is 12.2 Å². The second-order valence-corrected chi connectivity index (χ2v) is 9.11. The van der Waals surface area contributed by atoms with E-state index in [0.717, 1.165) is 52.0 Å². The van der Waals surface area contributed by atoms with Crippen molar-refractivity contribution in [3.05, 3.63) is 51.1 Å². The van der Waals surface area contributed by atoms with Gasteiger partial charge in [0, 0.05) is 12.0 Å². The van der Waals surface area contributed by atoms with Crippen LogP contribution in [0, 0.1) is 34.6 Å². The summed E-state index contributed by atoms with van der Waals surface area (Å²) < 4.78 is 6.45. The molecule has 1 atom stereocenters. The quantitative estimate of drug-likeness (QED) is 0.556. The number of carbonyl (C=O) groups is 1. The zero-order valence-electron chi connectivity index (χ0n) is 18.4. The van der Waals surface area contributed by atoms with E-state index < -0.39 is 11.6 Å². The molecule has 0 aliphatic carbocycles. The molecule has 0 bridgehead atoms. The van der Waals surface area contributed by atoms with Crippen LogP contribution in [-0.2, 0) is 6.42 Å². The van der Waals surface area contributed by atoms with Gasteiger partial charge in [-0.2, -0.15) is 0 Å². The van der Waals surface area contributed by atoms with Gasteiger partial charge in [0.2, 0.25) is 0 Å². The summed E-state index contributed by atoms with van der Waals surface area (Å²) in [6.45, 7) is 11.6. The highest BCUT2D eigenvalue weighted by atomic mass is 32.1. The molecule has 30 heavy (non-hydrogen) atoms. The zero-order chi connectivity index (χ0) is 22.4. The molecular weight excluding hydrogens is 398 g/mol. The summed E-state index contributed by atoms with van der Waals surface area (Å²) >= 11 is 5.61. The Morgan fingerprint density at radius 2 is 1.83 bits per heavy atom. The molecule has 0 radical (unpaired) electrons. The Morgan fingerprint density at radius 1 is 1.17 bits per heavy atom. The van der Waals surface area contributed by atoms with Crippen molar-refractivity contribution in [2.75, 3.05) is 5.32 Å². The molecule has 3 rings (SSSR count). The second-order valence-electron chi connectivity index (χ2n) is 8.62. The maximum atomic E-state index is 11.7. The second kappa shape index (κ2) is 7.91. The number of hydrogen-bond donors (Lipinski definition) is 3. The smallest absolute Gasteiger partial charge is 0.337 e. The molecule has 1 aliphatic rings. The van der Waals surface area contributed by atoms with Crippen molar-refractivity contribution in [2.45, 2.75) is 66.4 Å².